The van der Waals surface area contributed by atoms with Crippen LogP contribution in [-0.2, 0) is 6.42 Å². The Morgan fingerprint density at radius 3 is 2.80 bits per heavy atom. The van der Waals surface area contributed by atoms with Gasteiger partial charge in [0, 0.05) is 22.7 Å². The predicted molar refractivity (Wildman–Crippen MR) is 81.6 cm³/mol. The Morgan fingerprint density at radius 2 is 2.05 bits per heavy atom. The number of carbonyl (C=O) groups excluding carboxylic acids is 1. The highest BCUT2D eigenvalue weighted by molar-refractivity contribution is 9.10. The summed E-state index contributed by atoms with van der Waals surface area (Å²) in [5.41, 5.74) is 2.49. The molecule has 1 aromatic heterocycles. The van der Waals surface area contributed by atoms with Crippen molar-refractivity contribution in [2.45, 2.75) is 26.7 Å². The van der Waals surface area contributed by atoms with E-state index in [1.54, 1.807) is 6.20 Å². The Balaban J connectivity index is 2.07. The zero-order valence-corrected chi connectivity index (χ0v) is 13.1. The van der Waals surface area contributed by atoms with E-state index in [9.17, 15) is 4.79 Å². The number of halogens is 1. The molecule has 1 aliphatic carbocycles. The van der Waals surface area contributed by atoms with Crippen LogP contribution in [0, 0.1) is 5.41 Å². The lowest BCUT2D eigenvalue weighted by Gasteiger charge is -2.29. The Kier molecular flexibility index (Phi) is 3.21. The van der Waals surface area contributed by atoms with Crippen LogP contribution in [0.15, 0.2) is 34.9 Å². The molecule has 0 unspecified atom stereocenters. The van der Waals surface area contributed by atoms with Gasteiger partial charge in [-0.05, 0) is 24.0 Å². The van der Waals surface area contributed by atoms with Crippen LogP contribution in [0.4, 0.5) is 0 Å². The van der Waals surface area contributed by atoms with E-state index in [1.165, 1.54) is 0 Å². The molecule has 3 nitrogen and oxygen atoms in total. The van der Waals surface area contributed by atoms with Crippen molar-refractivity contribution in [3.63, 3.8) is 0 Å². The van der Waals surface area contributed by atoms with Gasteiger partial charge in [-0.2, -0.15) is 0 Å². The average Bonchev–Trinajstić information content (AvgIpc) is 2.36. The molecule has 0 atom stereocenters. The van der Waals surface area contributed by atoms with Gasteiger partial charge in [-0.3, -0.25) is 4.79 Å². The number of aromatic nitrogens is 2. The Labute approximate surface area is 126 Å². The van der Waals surface area contributed by atoms with Crippen LogP contribution in [-0.4, -0.2) is 15.8 Å². The number of Topliss-reactive ketones (excluding diaryl/α,β-unsaturated/α-hetero) is 1. The van der Waals surface area contributed by atoms with Gasteiger partial charge in [0.05, 0.1) is 11.3 Å². The second-order valence-corrected chi connectivity index (χ2v) is 6.92. The summed E-state index contributed by atoms with van der Waals surface area (Å²) in [4.78, 5) is 21.1. The Morgan fingerprint density at radius 1 is 1.25 bits per heavy atom. The summed E-state index contributed by atoms with van der Waals surface area (Å²) in [7, 11) is 0. The number of hydrogen-bond donors (Lipinski definition) is 0. The molecule has 102 valence electrons. The average molecular weight is 331 g/mol. The molecule has 3 rings (SSSR count). The minimum absolute atomic E-state index is 0.0209. The van der Waals surface area contributed by atoms with Crippen LogP contribution in [0.1, 0.15) is 36.3 Å². The summed E-state index contributed by atoms with van der Waals surface area (Å²) in [5.74, 6) is 0.826. The first kappa shape index (κ1) is 13.4. The monoisotopic (exact) mass is 330 g/mol. The van der Waals surface area contributed by atoms with Gasteiger partial charge in [0.1, 0.15) is 0 Å². The number of nitrogens with zero attached hydrogens (tertiary/aromatic N) is 2. The molecule has 1 heterocycles. The van der Waals surface area contributed by atoms with Gasteiger partial charge < -0.3 is 0 Å². The number of benzene rings is 1. The third-order valence-electron chi connectivity index (χ3n) is 3.54. The molecular formula is C16H15BrN2O. The topological polar surface area (TPSA) is 42.9 Å². The standard InChI is InChI=1S/C16H15BrN2O/c1-16(2)7-13-12(14(20)8-16)9-18-15(19-13)10-4-3-5-11(17)6-10/h3-6,9H,7-8H2,1-2H3. The Hall–Kier alpha value is -1.55. The zero-order chi connectivity index (χ0) is 14.3. The van der Waals surface area contributed by atoms with Crippen molar-refractivity contribution in [1.82, 2.24) is 9.97 Å². The summed E-state index contributed by atoms with van der Waals surface area (Å²) < 4.78 is 0.993. The Bertz CT molecular complexity index is 695. The lowest BCUT2D eigenvalue weighted by atomic mass is 9.76. The van der Waals surface area contributed by atoms with Crippen molar-refractivity contribution >= 4 is 21.7 Å². The maximum absolute atomic E-state index is 12.1. The number of rotatable bonds is 1. The fourth-order valence-corrected chi connectivity index (χ4v) is 3.00. The molecule has 0 amide bonds. The van der Waals surface area contributed by atoms with Gasteiger partial charge in [-0.25, -0.2) is 9.97 Å². The normalized spacial score (nSPS) is 16.9. The van der Waals surface area contributed by atoms with Crippen LogP contribution in [0.2, 0.25) is 0 Å². The second-order valence-electron chi connectivity index (χ2n) is 6.01. The van der Waals surface area contributed by atoms with Crippen LogP contribution >= 0.6 is 15.9 Å². The summed E-state index contributed by atoms with van der Waals surface area (Å²) in [5, 5.41) is 0. The van der Waals surface area contributed by atoms with Crippen LogP contribution < -0.4 is 0 Å². The molecule has 1 aliphatic rings. The SMILES string of the molecule is CC1(C)CC(=O)c2cnc(-c3cccc(Br)c3)nc2C1. The molecule has 1 aromatic carbocycles. The third kappa shape index (κ3) is 2.52. The molecule has 0 N–H and O–H groups in total. The molecule has 20 heavy (non-hydrogen) atoms. The van der Waals surface area contributed by atoms with Crippen molar-refractivity contribution in [2.24, 2.45) is 5.41 Å². The third-order valence-corrected chi connectivity index (χ3v) is 4.03. The van der Waals surface area contributed by atoms with Crippen LogP contribution in [0.3, 0.4) is 0 Å². The number of fused-ring (bicyclic) bond motifs is 1. The number of carbonyl (C=O) groups is 1. The first-order chi connectivity index (χ1) is 9.44. The second kappa shape index (κ2) is 4.77. The minimum Gasteiger partial charge on any atom is -0.294 e. The molecule has 0 saturated carbocycles. The molecule has 0 spiro atoms. The highest BCUT2D eigenvalue weighted by Crippen LogP contribution is 2.34. The fraction of sp³-hybridized carbons (Fsp3) is 0.312. The molecule has 2 aromatic rings. The quantitative estimate of drug-likeness (QED) is 0.791. The lowest BCUT2D eigenvalue weighted by molar-refractivity contribution is 0.0910. The maximum Gasteiger partial charge on any atom is 0.166 e. The number of hydrogen-bond acceptors (Lipinski definition) is 3. The van der Waals surface area contributed by atoms with Crippen LogP contribution in [0.5, 0.6) is 0 Å². The van der Waals surface area contributed by atoms with Crippen molar-refractivity contribution in [3.05, 3.63) is 46.2 Å². The van der Waals surface area contributed by atoms with Crippen molar-refractivity contribution < 1.29 is 4.79 Å². The summed E-state index contributed by atoms with van der Waals surface area (Å²) in [6.07, 6.45) is 3.06. The van der Waals surface area contributed by atoms with Gasteiger partial charge in [0.25, 0.3) is 0 Å². The summed E-state index contributed by atoms with van der Waals surface area (Å²) in [6, 6.07) is 7.88. The van der Waals surface area contributed by atoms with Gasteiger partial charge in [0.15, 0.2) is 11.6 Å². The summed E-state index contributed by atoms with van der Waals surface area (Å²) >= 11 is 3.45. The predicted octanol–water partition coefficient (Wildman–Crippen LogP) is 4.06. The molecule has 0 bridgehead atoms. The molecule has 0 aliphatic heterocycles. The van der Waals surface area contributed by atoms with Gasteiger partial charge in [-0.15, -0.1) is 0 Å². The van der Waals surface area contributed by atoms with Gasteiger partial charge in [-0.1, -0.05) is 41.9 Å². The van der Waals surface area contributed by atoms with E-state index in [0.717, 1.165) is 22.2 Å². The first-order valence-corrected chi connectivity index (χ1v) is 7.39. The molecule has 4 heteroatoms. The van der Waals surface area contributed by atoms with E-state index in [2.05, 4.69) is 39.7 Å². The van der Waals surface area contributed by atoms with E-state index in [-0.39, 0.29) is 11.2 Å². The van der Waals surface area contributed by atoms with Crippen LogP contribution in [0.25, 0.3) is 11.4 Å². The first-order valence-electron chi connectivity index (χ1n) is 6.60. The van der Waals surface area contributed by atoms with E-state index in [0.29, 0.717) is 17.8 Å². The number of ketones is 1. The molecule has 0 saturated heterocycles. The highest BCUT2D eigenvalue weighted by atomic mass is 79.9. The summed E-state index contributed by atoms with van der Waals surface area (Å²) in [6.45, 7) is 4.21. The van der Waals surface area contributed by atoms with E-state index in [1.807, 2.05) is 24.3 Å². The zero-order valence-electron chi connectivity index (χ0n) is 11.5. The lowest BCUT2D eigenvalue weighted by Crippen LogP contribution is -2.28. The minimum atomic E-state index is -0.0209. The van der Waals surface area contributed by atoms with Gasteiger partial charge >= 0.3 is 0 Å². The van der Waals surface area contributed by atoms with E-state index in [4.69, 9.17) is 0 Å². The largest absolute Gasteiger partial charge is 0.294 e. The highest BCUT2D eigenvalue weighted by Gasteiger charge is 2.32. The molecular weight excluding hydrogens is 316 g/mol. The maximum atomic E-state index is 12.1. The smallest absolute Gasteiger partial charge is 0.166 e. The molecule has 0 radical (unpaired) electrons. The fourth-order valence-electron chi connectivity index (χ4n) is 2.60. The van der Waals surface area contributed by atoms with Crippen molar-refractivity contribution in [1.29, 1.82) is 0 Å². The van der Waals surface area contributed by atoms with Crippen molar-refractivity contribution in [3.8, 4) is 11.4 Å². The van der Waals surface area contributed by atoms with E-state index >= 15 is 0 Å². The molecule has 0 fully saturated rings. The van der Waals surface area contributed by atoms with Gasteiger partial charge in [0.2, 0.25) is 0 Å². The van der Waals surface area contributed by atoms with Crippen molar-refractivity contribution in [2.75, 3.05) is 0 Å². The van der Waals surface area contributed by atoms with E-state index < -0.39 is 0 Å².